The van der Waals surface area contributed by atoms with Crippen LogP contribution in [0.25, 0.3) is 0 Å². The monoisotopic (exact) mass is 292 g/mol. The lowest BCUT2D eigenvalue weighted by Crippen LogP contribution is -2.33. The summed E-state index contributed by atoms with van der Waals surface area (Å²) in [5, 5.41) is 3.29. The van der Waals surface area contributed by atoms with Crippen LogP contribution >= 0.6 is 0 Å². The van der Waals surface area contributed by atoms with E-state index in [1.54, 1.807) is 12.5 Å². The predicted octanol–water partition coefficient (Wildman–Crippen LogP) is 3.38. The van der Waals surface area contributed by atoms with Gasteiger partial charge in [-0.15, -0.1) is 0 Å². The van der Waals surface area contributed by atoms with Crippen molar-refractivity contribution in [1.82, 2.24) is 10.2 Å². The minimum Gasteiger partial charge on any atom is -0.339 e. The van der Waals surface area contributed by atoms with Crippen LogP contribution in [-0.2, 0) is 4.79 Å². The van der Waals surface area contributed by atoms with Gasteiger partial charge in [-0.1, -0.05) is 51.0 Å². The van der Waals surface area contributed by atoms with Crippen LogP contribution < -0.4 is 5.32 Å². The van der Waals surface area contributed by atoms with Gasteiger partial charge in [0.1, 0.15) is 0 Å². The zero-order chi connectivity index (χ0) is 15.8. The van der Waals surface area contributed by atoms with Gasteiger partial charge >= 0.3 is 0 Å². The van der Waals surface area contributed by atoms with E-state index in [1.807, 2.05) is 4.90 Å². The van der Waals surface area contributed by atoms with Crippen molar-refractivity contribution in [3.05, 3.63) is 23.3 Å². The van der Waals surface area contributed by atoms with E-state index in [0.717, 1.165) is 32.0 Å². The fourth-order valence-corrected chi connectivity index (χ4v) is 2.66. The highest BCUT2D eigenvalue weighted by Crippen LogP contribution is 2.18. The van der Waals surface area contributed by atoms with E-state index in [-0.39, 0.29) is 5.91 Å². The number of hydrogen-bond donors (Lipinski definition) is 1. The standard InChI is InChI=1S/C10H17NO.C8H15N/c1-8(2)10-4-6-11(7-5-10)9(3)12;1-7(2)8-3-5-9-6-4-8/h4,8H,5-7H2,1-3H3;3,7,9H,4-6H2,1-2H3. The predicted molar refractivity (Wildman–Crippen MR) is 90.2 cm³/mol. The van der Waals surface area contributed by atoms with Crippen LogP contribution in [0.1, 0.15) is 47.5 Å². The zero-order valence-corrected chi connectivity index (χ0v) is 14.4. The van der Waals surface area contributed by atoms with E-state index in [9.17, 15) is 4.79 Å². The smallest absolute Gasteiger partial charge is 0.219 e. The molecular weight excluding hydrogens is 260 g/mol. The summed E-state index contributed by atoms with van der Waals surface area (Å²) in [6.45, 7) is 14.5. The Morgan fingerprint density at radius 3 is 2.05 bits per heavy atom. The molecule has 1 N–H and O–H groups in total. The molecule has 1 amide bonds. The summed E-state index contributed by atoms with van der Waals surface area (Å²) < 4.78 is 0. The molecule has 0 fully saturated rings. The Morgan fingerprint density at radius 1 is 1.10 bits per heavy atom. The van der Waals surface area contributed by atoms with Crippen LogP contribution in [0.4, 0.5) is 0 Å². The number of rotatable bonds is 2. The van der Waals surface area contributed by atoms with Gasteiger partial charge in [0, 0.05) is 26.6 Å². The van der Waals surface area contributed by atoms with E-state index in [4.69, 9.17) is 0 Å². The topological polar surface area (TPSA) is 32.3 Å². The zero-order valence-electron chi connectivity index (χ0n) is 14.4. The number of nitrogens with one attached hydrogen (secondary N) is 1. The maximum absolute atomic E-state index is 11.0. The molecule has 2 aliphatic heterocycles. The molecule has 0 bridgehead atoms. The molecule has 0 saturated heterocycles. The van der Waals surface area contributed by atoms with Crippen LogP contribution in [0.15, 0.2) is 23.3 Å². The molecule has 0 unspecified atom stereocenters. The van der Waals surface area contributed by atoms with Crippen molar-refractivity contribution in [3.63, 3.8) is 0 Å². The maximum Gasteiger partial charge on any atom is 0.219 e. The van der Waals surface area contributed by atoms with E-state index < -0.39 is 0 Å². The van der Waals surface area contributed by atoms with Crippen LogP contribution in [0.2, 0.25) is 0 Å². The van der Waals surface area contributed by atoms with E-state index in [0.29, 0.717) is 5.92 Å². The molecule has 0 saturated carbocycles. The molecule has 2 rings (SSSR count). The highest BCUT2D eigenvalue weighted by molar-refractivity contribution is 5.73. The Morgan fingerprint density at radius 2 is 1.71 bits per heavy atom. The van der Waals surface area contributed by atoms with Gasteiger partial charge in [-0.2, -0.15) is 0 Å². The van der Waals surface area contributed by atoms with Gasteiger partial charge in [-0.3, -0.25) is 4.79 Å². The van der Waals surface area contributed by atoms with Gasteiger partial charge in [0.05, 0.1) is 0 Å². The summed E-state index contributed by atoms with van der Waals surface area (Å²) in [6.07, 6.45) is 6.80. The molecule has 0 spiro atoms. The molecule has 120 valence electrons. The average Bonchev–Trinajstić information content (AvgIpc) is 2.49. The van der Waals surface area contributed by atoms with E-state index in [1.165, 1.54) is 18.5 Å². The molecular formula is C18H32N2O. The summed E-state index contributed by atoms with van der Waals surface area (Å²) in [4.78, 5) is 12.9. The fourth-order valence-electron chi connectivity index (χ4n) is 2.66. The normalized spacial score (nSPS) is 18.9. The highest BCUT2D eigenvalue weighted by Gasteiger charge is 2.14. The quantitative estimate of drug-likeness (QED) is 0.791. The number of carbonyl (C=O) groups is 1. The maximum atomic E-state index is 11.0. The van der Waals surface area contributed by atoms with Crippen molar-refractivity contribution < 1.29 is 4.79 Å². The second-order valence-corrected chi connectivity index (χ2v) is 6.54. The molecule has 0 atom stereocenters. The van der Waals surface area contributed by atoms with Crippen molar-refractivity contribution in [1.29, 1.82) is 0 Å². The van der Waals surface area contributed by atoms with Crippen molar-refractivity contribution in [2.45, 2.75) is 47.5 Å². The van der Waals surface area contributed by atoms with Gasteiger partial charge < -0.3 is 10.2 Å². The first-order valence-corrected chi connectivity index (χ1v) is 8.25. The minimum absolute atomic E-state index is 0.189. The summed E-state index contributed by atoms with van der Waals surface area (Å²) in [7, 11) is 0. The number of hydrogen-bond acceptors (Lipinski definition) is 2. The molecule has 2 aliphatic rings. The summed E-state index contributed by atoms with van der Waals surface area (Å²) in [6, 6.07) is 0. The van der Waals surface area contributed by atoms with Crippen LogP contribution in [0, 0.1) is 11.8 Å². The Kier molecular flexibility index (Phi) is 7.73. The number of nitrogens with zero attached hydrogens (tertiary/aromatic N) is 1. The van der Waals surface area contributed by atoms with Crippen LogP contribution in [-0.4, -0.2) is 37.0 Å². The third kappa shape index (κ3) is 6.47. The van der Waals surface area contributed by atoms with Crippen molar-refractivity contribution in [2.75, 3.05) is 26.2 Å². The molecule has 0 aromatic rings. The Balaban J connectivity index is 0.000000219. The Hall–Kier alpha value is -1.09. The van der Waals surface area contributed by atoms with Crippen LogP contribution in [0.5, 0.6) is 0 Å². The molecule has 21 heavy (non-hydrogen) atoms. The highest BCUT2D eigenvalue weighted by atomic mass is 16.2. The number of carbonyl (C=O) groups excluding carboxylic acids is 1. The van der Waals surface area contributed by atoms with Crippen LogP contribution in [0.3, 0.4) is 0 Å². The van der Waals surface area contributed by atoms with Crippen molar-refractivity contribution in [3.8, 4) is 0 Å². The first kappa shape index (κ1) is 18.0. The molecule has 3 heteroatoms. The lowest BCUT2D eigenvalue weighted by molar-refractivity contribution is -0.128. The Labute approximate surface area is 130 Å². The minimum atomic E-state index is 0.189. The summed E-state index contributed by atoms with van der Waals surface area (Å²) >= 11 is 0. The van der Waals surface area contributed by atoms with Crippen molar-refractivity contribution in [2.24, 2.45) is 11.8 Å². The Bertz CT molecular complexity index is 394. The molecule has 2 heterocycles. The van der Waals surface area contributed by atoms with Crippen molar-refractivity contribution >= 4 is 5.91 Å². The molecule has 3 nitrogen and oxygen atoms in total. The summed E-state index contributed by atoms with van der Waals surface area (Å²) in [5.74, 6) is 1.58. The van der Waals surface area contributed by atoms with Gasteiger partial charge in [0.15, 0.2) is 0 Å². The largest absolute Gasteiger partial charge is 0.339 e. The fraction of sp³-hybridized carbons (Fsp3) is 0.722. The lowest BCUT2D eigenvalue weighted by Gasteiger charge is -2.26. The first-order chi connectivity index (χ1) is 9.91. The lowest BCUT2D eigenvalue weighted by atomic mass is 9.97. The third-order valence-electron chi connectivity index (χ3n) is 4.27. The van der Waals surface area contributed by atoms with Gasteiger partial charge in [0.2, 0.25) is 5.91 Å². The molecule has 0 aliphatic carbocycles. The molecule has 0 radical (unpaired) electrons. The number of amides is 1. The second kappa shape index (κ2) is 9.04. The third-order valence-corrected chi connectivity index (χ3v) is 4.27. The SMILES string of the molecule is CC(=O)N1CC=C(C(C)C)CC1.CC(C)C1=CCNCC1. The molecule has 0 aromatic carbocycles. The van der Waals surface area contributed by atoms with E-state index in [2.05, 4.69) is 45.2 Å². The average molecular weight is 292 g/mol. The van der Waals surface area contributed by atoms with Gasteiger partial charge in [0.25, 0.3) is 0 Å². The second-order valence-electron chi connectivity index (χ2n) is 6.54. The first-order valence-electron chi connectivity index (χ1n) is 8.25. The van der Waals surface area contributed by atoms with Gasteiger partial charge in [-0.25, -0.2) is 0 Å². The van der Waals surface area contributed by atoms with E-state index >= 15 is 0 Å². The van der Waals surface area contributed by atoms with Gasteiger partial charge in [-0.05, 0) is 31.2 Å². The summed E-state index contributed by atoms with van der Waals surface area (Å²) in [5.41, 5.74) is 3.11. The molecule has 0 aromatic heterocycles.